The van der Waals surface area contributed by atoms with E-state index in [1.54, 1.807) is 0 Å². The lowest BCUT2D eigenvalue weighted by molar-refractivity contribution is 0.226. The minimum absolute atomic E-state index is 0.545. The summed E-state index contributed by atoms with van der Waals surface area (Å²) in [5.41, 5.74) is 6.41. The van der Waals surface area contributed by atoms with E-state index in [4.69, 9.17) is 5.10 Å². The van der Waals surface area contributed by atoms with E-state index in [2.05, 4.69) is 95.9 Å². The molecule has 0 saturated carbocycles. The third kappa shape index (κ3) is 5.37. The first-order valence-electron chi connectivity index (χ1n) is 11.8. The van der Waals surface area contributed by atoms with E-state index in [0.717, 1.165) is 51.9 Å². The van der Waals surface area contributed by atoms with Crippen molar-refractivity contribution in [3.63, 3.8) is 0 Å². The van der Waals surface area contributed by atoms with Crippen LogP contribution < -0.4 is 4.90 Å². The normalized spacial score (nSPS) is 17.3. The lowest BCUT2D eigenvalue weighted by Crippen LogP contribution is -2.52. The Kier molecular flexibility index (Phi) is 7.08. The lowest BCUT2D eigenvalue weighted by Gasteiger charge is -2.41. The molecule has 31 heavy (non-hydrogen) atoms. The van der Waals surface area contributed by atoms with Crippen molar-refractivity contribution >= 4 is 5.69 Å². The van der Waals surface area contributed by atoms with E-state index in [1.807, 2.05) is 0 Å². The Balaban J connectivity index is 1.32. The van der Waals surface area contributed by atoms with Crippen LogP contribution in [0.1, 0.15) is 43.6 Å². The maximum absolute atomic E-state index is 4.95. The van der Waals surface area contributed by atoms with Crippen molar-refractivity contribution in [3.8, 4) is 5.69 Å². The summed E-state index contributed by atoms with van der Waals surface area (Å²) < 4.78 is 2.14. The van der Waals surface area contributed by atoms with Gasteiger partial charge < -0.3 is 4.90 Å². The average molecular weight is 417 g/mol. The zero-order chi connectivity index (χ0) is 21.6. The molecule has 0 bridgehead atoms. The average Bonchev–Trinajstić information content (AvgIpc) is 3.17. The van der Waals surface area contributed by atoms with Gasteiger partial charge in [0.25, 0.3) is 0 Å². The van der Waals surface area contributed by atoms with Crippen LogP contribution in [0.15, 0.2) is 60.7 Å². The Morgan fingerprint density at radius 2 is 1.74 bits per heavy atom. The van der Waals surface area contributed by atoms with Gasteiger partial charge in [-0.25, -0.2) is 4.68 Å². The largest absolute Gasteiger partial charge is 0.366 e. The second-order valence-corrected chi connectivity index (χ2v) is 8.91. The smallest absolute Gasteiger partial charge is 0.0648 e. The molecule has 1 aliphatic heterocycles. The van der Waals surface area contributed by atoms with Crippen LogP contribution in [0.3, 0.4) is 0 Å². The third-order valence-electron chi connectivity index (χ3n) is 6.29. The number of para-hydroxylation sites is 1. The van der Waals surface area contributed by atoms with Gasteiger partial charge in [0, 0.05) is 37.1 Å². The lowest BCUT2D eigenvalue weighted by atomic mass is 10.1. The Bertz CT molecular complexity index is 962. The van der Waals surface area contributed by atoms with Crippen LogP contribution in [0.5, 0.6) is 0 Å². The van der Waals surface area contributed by atoms with Gasteiger partial charge >= 0.3 is 0 Å². The maximum atomic E-state index is 4.95. The van der Waals surface area contributed by atoms with E-state index in [-0.39, 0.29) is 0 Å². The molecule has 0 spiro atoms. The molecule has 0 radical (unpaired) electrons. The first-order chi connectivity index (χ1) is 15.1. The van der Waals surface area contributed by atoms with Gasteiger partial charge in [-0.15, -0.1) is 0 Å². The van der Waals surface area contributed by atoms with Gasteiger partial charge in [0.1, 0.15) is 0 Å². The highest BCUT2D eigenvalue weighted by atomic mass is 15.3. The Hall–Kier alpha value is -2.59. The Morgan fingerprint density at radius 3 is 2.48 bits per heavy atom. The number of rotatable bonds is 8. The molecular weight excluding hydrogens is 380 g/mol. The fraction of sp³-hybridized carbons (Fsp3) is 0.444. The molecule has 0 N–H and O–H groups in total. The third-order valence-corrected chi connectivity index (χ3v) is 6.29. The van der Waals surface area contributed by atoms with Crippen molar-refractivity contribution in [2.24, 2.45) is 0 Å². The summed E-state index contributed by atoms with van der Waals surface area (Å²) in [5, 5.41) is 4.95. The van der Waals surface area contributed by atoms with Crippen molar-refractivity contribution in [2.75, 3.05) is 31.1 Å². The van der Waals surface area contributed by atoms with Gasteiger partial charge in [0.2, 0.25) is 0 Å². The Labute approximate surface area is 187 Å². The number of piperazine rings is 1. The molecule has 1 atom stereocenters. The minimum Gasteiger partial charge on any atom is -0.366 e. The summed E-state index contributed by atoms with van der Waals surface area (Å²) in [6.45, 7) is 11.3. The van der Waals surface area contributed by atoms with Crippen molar-refractivity contribution in [1.82, 2.24) is 14.7 Å². The van der Waals surface area contributed by atoms with E-state index in [1.165, 1.54) is 28.3 Å². The van der Waals surface area contributed by atoms with Crippen LogP contribution in [-0.2, 0) is 12.8 Å². The van der Waals surface area contributed by atoms with Crippen molar-refractivity contribution < 1.29 is 0 Å². The van der Waals surface area contributed by atoms with Gasteiger partial charge in [-0.1, -0.05) is 43.7 Å². The fourth-order valence-corrected chi connectivity index (χ4v) is 4.73. The summed E-state index contributed by atoms with van der Waals surface area (Å²) in [6.07, 6.45) is 4.42. The predicted molar refractivity (Wildman–Crippen MR) is 130 cm³/mol. The summed E-state index contributed by atoms with van der Waals surface area (Å²) >= 11 is 0. The summed E-state index contributed by atoms with van der Waals surface area (Å²) in [5.74, 6) is 0. The van der Waals surface area contributed by atoms with Crippen LogP contribution in [-0.4, -0.2) is 46.9 Å². The molecule has 1 aliphatic rings. The number of hydrogen-bond acceptors (Lipinski definition) is 3. The van der Waals surface area contributed by atoms with Crippen LogP contribution >= 0.6 is 0 Å². The zero-order valence-electron chi connectivity index (χ0n) is 19.3. The number of nitrogens with zero attached hydrogens (tertiary/aromatic N) is 4. The van der Waals surface area contributed by atoms with Crippen LogP contribution in [0.2, 0.25) is 0 Å². The Morgan fingerprint density at radius 1 is 0.935 bits per heavy atom. The van der Waals surface area contributed by atoms with E-state index >= 15 is 0 Å². The molecule has 4 nitrogen and oxygen atoms in total. The van der Waals surface area contributed by atoms with Crippen LogP contribution in [0, 0.1) is 6.92 Å². The maximum Gasteiger partial charge on any atom is 0.0648 e. The number of aromatic nitrogens is 2. The van der Waals surface area contributed by atoms with Gasteiger partial charge in [-0.2, -0.15) is 5.10 Å². The summed E-state index contributed by atoms with van der Waals surface area (Å²) in [4.78, 5) is 5.18. The first kappa shape index (κ1) is 21.6. The first-order valence-corrected chi connectivity index (χ1v) is 11.8. The monoisotopic (exact) mass is 416 g/mol. The molecule has 1 fully saturated rings. The van der Waals surface area contributed by atoms with Gasteiger partial charge in [-0.05, 0) is 75.5 Å². The predicted octanol–water partition coefficient (Wildman–Crippen LogP) is 5.28. The van der Waals surface area contributed by atoms with E-state index in [0.29, 0.717) is 6.04 Å². The standard InChI is InChI=1S/C27H36N4/c1-4-10-27-20-24(28-31(27)25-13-6-5-7-14-25)12-9-16-29-17-18-30(23(3)21-29)26-15-8-11-22(2)19-26/h5-8,11,13-15,19-20,23H,4,9-10,12,16-18,21H2,1-3H3. The molecule has 2 heterocycles. The minimum atomic E-state index is 0.545. The molecule has 0 amide bonds. The number of anilines is 1. The quantitative estimate of drug-likeness (QED) is 0.499. The van der Waals surface area contributed by atoms with E-state index < -0.39 is 0 Å². The number of hydrogen-bond donors (Lipinski definition) is 0. The molecule has 1 unspecified atom stereocenters. The molecule has 4 rings (SSSR count). The topological polar surface area (TPSA) is 24.3 Å². The van der Waals surface area contributed by atoms with Gasteiger partial charge in [-0.3, -0.25) is 4.90 Å². The molecule has 2 aromatic carbocycles. The van der Waals surface area contributed by atoms with Crippen molar-refractivity contribution in [3.05, 3.63) is 77.6 Å². The zero-order valence-corrected chi connectivity index (χ0v) is 19.3. The SMILES string of the molecule is CCCc1cc(CCCN2CCN(c3cccc(C)c3)C(C)C2)nn1-c1ccccc1. The van der Waals surface area contributed by atoms with E-state index in [9.17, 15) is 0 Å². The molecule has 3 aromatic rings. The molecule has 1 saturated heterocycles. The highest BCUT2D eigenvalue weighted by Crippen LogP contribution is 2.22. The summed E-state index contributed by atoms with van der Waals surface area (Å²) in [6, 6.07) is 22.3. The number of aryl methyl sites for hydroxylation is 3. The van der Waals surface area contributed by atoms with Crippen LogP contribution in [0.4, 0.5) is 5.69 Å². The van der Waals surface area contributed by atoms with Gasteiger partial charge in [0.15, 0.2) is 0 Å². The highest BCUT2D eigenvalue weighted by Gasteiger charge is 2.23. The molecule has 0 aliphatic carbocycles. The second-order valence-electron chi connectivity index (χ2n) is 8.91. The van der Waals surface area contributed by atoms with Crippen molar-refractivity contribution in [1.29, 1.82) is 0 Å². The highest BCUT2D eigenvalue weighted by molar-refractivity contribution is 5.49. The molecule has 1 aromatic heterocycles. The second kappa shape index (κ2) is 10.1. The molecule has 4 heteroatoms. The number of benzene rings is 2. The molecular formula is C27H36N4. The van der Waals surface area contributed by atoms with Crippen LogP contribution in [0.25, 0.3) is 5.69 Å². The van der Waals surface area contributed by atoms with Gasteiger partial charge in [0.05, 0.1) is 11.4 Å². The van der Waals surface area contributed by atoms with Crippen molar-refractivity contribution in [2.45, 2.75) is 52.5 Å². The molecule has 164 valence electrons. The summed E-state index contributed by atoms with van der Waals surface area (Å²) in [7, 11) is 0. The fourth-order valence-electron chi connectivity index (χ4n) is 4.73.